The molecule has 0 radical (unpaired) electrons. The summed E-state index contributed by atoms with van der Waals surface area (Å²) >= 11 is 0. The molecule has 1 aromatic rings. The monoisotopic (exact) mass is 360 g/mol. The molecule has 0 amide bonds. The van der Waals surface area contributed by atoms with Crippen LogP contribution in [0.1, 0.15) is 24.8 Å². The van der Waals surface area contributed by atoms with E-state index in [-0.39, 0.29) is 5.60 Å². The number of likely N-dealkylation sites (tertiary alicyclic amines) is 1. The van der Waals surface area contributed by atoms with Crippen molar-refractivity contribution in [3.05, 3.63) is 29.8 Å². The second-order valence-corrected chi connectivity index (χ2v) is 8.18. The Morgan fingerprint density at radius 1 is 1.12 bits per heavy atom. The van der Waals surface area contributed by atoms with Crippen molar-refractivity contribution >= 4 is 0 Å². The number of benzene rings is 1. The highest BCUT2D eigenvalue weighted by molar-refractivity contribution is 5.27. The molecular weight excluding hydrogens is 328 g/mol. The summed E-state index contributed by atoms with van der Waals surface area (Å²) in [7, 11) is 1.71. The van der Waals surface area contributed by atoms with Crippen LogP contribution in [0, 0.1) is 5.92 Å². The lowest BCUT2D eigenvalue weighted by atomic mass is 9.93. The van der Waals surface area contributed by atoms with Crippen LogP contribution in [0.15, 0.2) is 24.3 Å². The lowest BCUT2D eigenvalue weighted by Gasteiger charge is -2.31. The van der Waals surface area contributed by atoms with E-state index in [0.29, 0.717) is 5.92 Å². The molecule has 1 spiro atoms. The Balaban J connectivity index is 1.36. The highest BCUT2D eigenvalue weighted by atomic mass is 16.5. The Hall–Kier alpha value is -1.14. The number of hydrogen-bond acceptors (Lipinski definition) is 5. The fraction of sp³-hybridized carbons (Fsp3) is 0.714. The minimum absolute atomic E-state index is 0.118. The zero-order chi connectivity index (χ0) is 17.8. The molecule has 1 aromatic carbocycles. The molecule has 3 aliphatic rings. The third-order valence-corrected chi connectivity index (χ3v) is 5.99. The lowest BCUT2D eigenvalue weighted by molar-refractivity contribution is -0.0563. The molecule has 3 fully saturated rings. The van der Waals surface area contributed by atoms with Crippen molar-refractivity contribution in [1.82, 2.24) is 9.80 Å². The Labute approximate surface area is 157 Å². The average molecular weight is 360 g/mol. The van der Waals surface area contributed by atoms with Crippen molar-refractivity contribution in [1.29, 1.82) is 0 Å². The van der Waals surface area contributed by atoms with E-state index < -0.39 is 0 Å². The van der Waals surface area contributed by atoms with Crippen LogP contribution in [0.2, 0.25) is 0 Å². The predicted molar refractivity (Wildman–Crippen MR) is 102 cm³/mol. The van der Waals surface area contributed by atoms with Crippen LogP contribution >= 0.6 is 0 Å². The second-order valence-electron chi connectivity index (χ2n) is 8.18. The van der Waals surface area contributed by atoms with E-state index in [0.717, 1.165) is 51.6 Å². The molecule has 0 N–H and O–H groups in total. The SMILES string of the molecule is COc1ccc(CN2CCOC[C@]3(C[C@@H](CN4CCCC4)CO3)C2)cc1. The first-order chi connectivity index (χ1) is 12.7. The first kappa shape index (κ1) is 18.2. The van der Waals surface area contributed by atoms with Gasteiger partial charge in [0.05, 0.1) is 26.9 Å². The molecule has 5 nitrogen and oxygen atoms in total. The predicted octanol–water partition coefficient (Wildman–Crippen LogP) is 2.40. The van der Waals surface area contributed by atoms with Crippen LogP contribution in [-0.2, 0) is 16.0 Å². The second kappa shape index (κ2) is 8.26. The van der Waals surface area contributed by atoms with Crippen LogP contribution in [0.3, 0.4) is 0 Å². The summed E-state index contributed by atoms with van der Waals surface area (Å²) in [5.41, 5.74) is 1.20. The minimum atomic E-state index is -0.118. The Morgan fingerprint density at radius 3 is 2.69 bits per heavy atom. The fourth-order valence-electron chi connectivity index (χ4n) is 4.71. The average Bonchev–Trinajstić information content (AvgIpc) is 3.25. The third kappa shape index (κ3) is 4.39. The van der Waals surface area contributed by atoms with E-state index in [1.807, 2.05) is 12.1 Å². The summed E-state index contributed by atoms with van der Waals surface area (Å²) in [4.78, 5) is 5.10. The van der Waals surface area contributed by atoms with Crippen LogP contribution < -0.4 is 4.74 Å². The summed E-state index contributed by atoms with van der Waals surface area (Å²) in [6, 6.07) is 8.39. The van der Waals surface area contributed by atoms with Crippen molar-refractivity contribution < 1.29 is 14.2 Å². The summed E-state index contributed by atoms with van der Waals surface area (Å²) < 4.78 is 17.6. The Bertz CT molecular complexity index is 573. The number of hydrogen-bond donors (Lipinski definition) is 0. The van der Waals surface area contributed by atoms with Crippen LogP contribution in [0.25, 0.3) is 0 Å². The van der Waals surface area contributed by atoms with Crippen LogP contribution in [0.5, 0.6) is 5.75 Å². The topological polar surface area (TPSA) is 34.2 Å². The summed E-state index contributed by atoms with van der Waals surface area (Å²) in [6.07, 6.45) is 3.84. The molecule has 3 aliphatic heterocycles. The van der Waals surface area contributed by atoms with Crippen LogP contribution in [-0.4, -0.2) is 75.1 Å². The molecule has 144 valence electrons. The molecule has 5 heteroatoms. The van der Waals surface area contributed by atoms with Gasteiger partial charge in [-0.2, -0.15) is 0 Å². The molecule has 0 unspecified atom stereocenters. The normalized spacial score (nSPS) is 30.7. The highest BCUT2D eigenvalue weighted by Crippen LogP contribution is 2.34. The molecular formula is C21H32N2O3. The van der Waals surface area contributed by atoms with Gasteiger partial charge in [0.1, 0.15) is 11.4 Å². The van der Waals surface area contributed by atoms with Crippen molar-refractivity contribution in [3.8, 4) is 5.75 Å². The van der Waals surface area contributed by atoms with Gasteiger partial charge in [0.2, 0.25) is 0 Å². The van der Waals surface area contributed by atoms with E-state index in [1.165, 1.54) is 38.0 Å². The van der Waals surface area contributed by atoms with E-state index in [2.05, 4.69) is 21.9 Å². The van der Waals surface area contributed by atoms with Gasteiger partial charge in [0.25, 0.3) is 0 Å². The van der Waals surface area contributed by atoms with E-state index >= 15 is 0 Å². The molecule has 3 heterocycles. The smallest absolute Gasteiger partial charge is 0.118 e. The van der Waals surface area contributed by atoms with Gasteiger partial charge in [-0.05, 0) is 56.0 Å². The molecule has 0 saturated carbocycles. The largest absolute Gasteiger partial charge is 0.497 e. The highest BCUT2D eigenvalue weighted by Gasteiger charge is 2.43. The van der Waals surface area contributed by atoms with Gasteiger partial charge < -0.3 is 19.1 Å². The number of rotatable bonds is 5. The summed E-state index contributed by atoms with van der Waals surface area (Å²) in [5, 5.41) is 0. The van der Waals surface area contributed by atoms with Gasteiger partial charge in [-0.15, -0.1) is 0 Å². The quantitative estimate of drug-likeness (QED) is 0.805. The first-order valence-electron chi connectivity index (χ1n) is 10.0. The molecule has 2 atom stereocenters. The third-order valence-electron chi connectivity index (χ3n) is 5.99. The van der Waals surface area contributed by atoms with Crippen molar-refractivity contribution in [2.24, 2.45) is 5.92 Å². The van der Waals surface area contributed by atoms with Gasteiger partial charge >= 0.3 is 0 Å². The molecule has 4 rings (SSSR count). The number of ether oxygens (including phenoxy) is 3. The van der Waals surface area contributed by atoms with Gasteiger partial charge in [-0.3, -0.25) is 4.90 Å². The number of methoxy groups -OCH3 is 1. The molecule has 3 saturated heterocycles. The Morgan fingerprint density at radius 2 is 1.92 bits per heavy atom. The van der Waals surface area contributed by atoms with Gasteiger partial charge in [-0.25, -0.2) is 0 Å². The van der Waals surface area contributed by atoms with Gasteiger partial charge in [0.15, 0.2) is 0 Å². The summed E-state index contributed by atoms with van der Waals surface area (Å²) in [5.74, 6) is 1.56. The standard InChI is InChI=1S/C21H32N2O3/c1-24-20-6-4-18(5-7-20)13-23-10-11-25-17-21(16-23)12-19(15-26-21)14-22-8-2-3-9-22/h4-7,19H,2-3,8-17H2,1H3/t19-,21-/m0/s1. The zero-order valence-corrected chi connectivity index (χ0v) is 16.0. The zero-order valence-electron chi connectivity index (χ0n) is 16.0. The van der Waals surface area contributed by atoms with Gasteiger partial charge in [0, 0.05) is 26.2 Å². The first-order valence-corrected chi connectivity index (χ1v) is 10.0. The van der Waals surface area contributed by atoms with E-state index in [9.17, 15) is 0 Å². The fourth-order valence-corrected chi connectivity index (χ4v) is 4.71. The molecule has 26 heavy (non-hydrogen) atoms. The summed E-state index contributed by atoms with van der Waals surface area (Å²) in [6.45, 7) is 9.02. The maximum absolute atomic E-state index is 6.38. The minimum Gasteiger partial charge on any atom is -0.497 e. The van der Waals surface area contributed by atoms with Crippen LogP contribution in [0.4, 0.5) is 0 Å². The van der Waals surface area contributed by atoms with Gasteiger partial charge in [-0.1, -0.05) is 12.1 Å². The molecule has 0 aliphatic carbocycles. The molecule has 0 bridgehead atoms. The molecule has 0 aromatic heterocycles. The van der Waals surface area contributed by atoms with Crippen molar-refractivity contribution in [3.63, 3.8) is 0 Å². The maximum atomic E-state index is 6.38. The maximum Gasteiger partial charge on any atom is 0.118 e. The Kier molecular flexibility index (Phi) is 5.79. The van der Waals surface area contributed by atoms with E-state index in [1.54, 1.807) is 7.11 Å². The van der Waals surface area contributed by atoms with Crippen molar-refractivity contribution in [2.45, 2.75) is 31.4 Å². The lowest BCUT2D eigenvalue weighted by Crippen LogP contribution is -2.44. The van der Waals surface area contributed by atoms with Crippen molar-refractivity contribution in [2.75, 3.05) is 59.7 Å². The number of nitrogens with zero attached hydrogens (tertiary/aromatic N) is 2. The van der Waals surface area contributed by atoms with E-state index in [4.69, 9.17) is 14.2 Å².